The first-order chi connectivity index (χ1) is 12.0. The number of hydrogen-bond donors (Lipinski definition) is 1. The Balaban J connectivity index is 2.09. The SMILES string of the molecule is CCC(Cc1ccccc1)N(C)C(=O)c1cccc(OCC(=O)O)c1. The van der Waals surface area contributed by atoms with Crippen LogP contribution in [-0.4, -0.2) is 41.6 Å². The van der Waals surface area contributed by atoms with Crippen molar-refractivity contribution in [3.8, 4) is 5.75 Å². The Morgan fingerprint density at radius 2 is 1.84 bits per heavy atom. The largest absolute Gasteiger partial charge is 0.482 e. The lowest BCUT2D eigenvalue weighted by Crippen LogP contribution is -2.38. The van der Waals surface area contributed by atoms with E-state index in [-0.39, 0.29) is 11.9 Å². The molecular formula is C20H23NO4. The van der Waals surface area contributed by atoms with Gasteiger partial charge in [0.1, 0.15) is 5.75 Å². The Kier molecular flexibility index (Phi) is 6.57. The summed E-state index contributed by atoms with van der Waals surface area (Å²) in [6, 6.07) is 16.8. The van der Waals surface area contributed by atoms with Crippen molar-refractivity contribution in [2.24, 2.45) is 0 Å². The maximum absolute atomic E-state index is 12.8. The molecule has 25 heavy (non-hydrogen) atoms. The van der Waals surface area contributed by atoms with Gasteiger partial charge in [-0.1, -0.05) is 43.3 Å². The lowest BCUT2D eigenvalue weighted by Gasteiger charge is -2.27. The van der Waals surface area contributed by atoms with Gasteiger partial charge in [0.25, 0.3) is 5.91 Å². The van der Waals surface area contributed by atoms with E-state index in [0.717, 1.165) is 12.8 Å². The number of carboxylic acid groups (broad SMARTS) is 1. The first kappa shape index (κ1) is 18.5. The highest BCUT2D eigenvalue weighted by molar-refractivity contribution is 5.94. The highest BCUT2D eigenvalue weighted by Gasteiger charge is 2.20. The summed E-state index contributed by atoms with van der Waals surface area (Å²) in [5, 5.41) is 8.69. The van der Waals surface area contributed by atoms with Crippen molar-refractivity contribution in [1.82, 2.24) is 4.90 Å². The summed E-state index contributed by atoms with van der Waals surface area (Å²) in [5.74, 6) is -0.788. The van der Waals surface area contributed by atoms with Crippen molar-refractivity contribution in [2.45, 2.75) is 25.8 Å². The first-order valence-corrected chi connectivity index (χ1v) is 8.27. The molecule has 5 heteroatoms. The maximum atomic E-state index is 12.8. The monoisotopic (exact) mass is 341 g/mol. The molecule has 0 aliphatic rings. The number of nitrogens with zero attached hydrogens (tertiary/aromatic N) is 1. The Hall–Kier alpha value is -2.82. The van der Waals surface area contributed by atoms with Crippen molar-refractivity contribution in [2.75, 3.05) is 13.7 Å². The van der Waals surface area contributed by atoms with E-state index in [2.05, 4.69) is 19.1 Å². The second-order valence-corrected chi connectivity index (χ2v) is 5.88. The fourth-order valence-electron chi connectivity index (χ4n) is 2.67. The number of rotatable bonds is 8. The molecule has 0 fully saturated rings. The van der Waals surface area contributed by atoms with Crippen LogP contribution in [0, 0.1) is 0 Å². The van der Waals surface area contributed by atoms with Crippen molar-refractivity contribution in [3.63, 3.8) is 0 Å². The minimum atomic E-state index is -1.05. The molecule has 2 aromatic rings. The van der Waals surface area contributed by atoms with Crippen molar-refractivity contribution in [3.05, 3.63) is 65.7 Å². The first-order valence-electron chi connectivity index (χ1n) is 8.27. The van der Waals surface area contributed by atoms with Crippen LogP contribution in [0.5, 0.6) is 5.75 Å². The van der Waals surface area contributed by atoms with Gasteiger partial charge in [-0.3, -0.25) is 4.79 Å². The number of carbonyl (C=O) groups excluding carboxylic acids is 1. The smallest absolute Gasteiger partial charge is 0.341 e. The molecule has 5 nitrogen and oxygen atoms in total. The van der Waals surface area contributed by atoms with Crippen LogP contribution < -0.4 is 4.74 Å². The van der Waals surface area contributed by atoms with E-state index in [1.807, 2.05) is 18.2 Å². The standard InChI is InChI=1S/C20H23NO4/c1-3-17(12-15-8-5-4-6-9-15)21(2)20(24)16-10-7-11-18(13-16)25-14-19(22)23/h4-11,13,17H,3,12,14H2,1-2H3,(H,22,23). The van der Waals surface area contributed by atoms with Gasteiger partial charge in [-0.05, 0) is 36.6 Å². The lowest BCUT2D eigenvalue weighted by atomic mass is 10.0. The number of amides is 1. The lowest BCUT2D eigenvalue weighted by molar-refractivity contribution is -0.139. The molecular weight excluding hydrogens is 318 g/mol. The van der Waals surface area contributed by atoms with E-state index in [1.165, 1.54) is 5.56 Å². The topological polar surface area (TPSA) is 66.8 Å². The van der Waals surface area contributed by atoms with Crippen LogP contribution in [0.4, 0.5) is 0 Å². The van der Waals surface area contributed by atoms with Gasteiger partial charge in [0, 0.05) is 18.7 Å². The van der Waals surface area contributed by atoms with Crippen LogP contribution in [0.1, 0.15) is 29.3 Å². The minimum absolute atomic E-state index is 0.0819. The number of likely N-dealkylation sites (N-methyl/N-ethyl adjacent to an activating group) is 1. The van der Waals surface area contributed by atoms with Crippen LogP contribution in [-0.2, 0) is 11.2 Å². The summed E-state index contributed by atoms with van der Waals surface area (Å²) in [6.07, 6.45) is 1.63. The number of benzene rings is 2. The van der Waals surface area contributed by atoms with Gasteiger partial charge >= 0.3 is 5.97 Å². The Morgan fingerprint density at radius 3 is 2.48 bits per heavy atom. The van der Waals surface area contributed by atoms with Crippen molar-refractivity contribution < 1.29 is 19.4 Å². The number of hydrogen-bond acceptors (Lipinski definition) is 3. The van der Waals surface area contributed by atoms with Gasteiger partial charge in [0.15, 0.2) is 6.61 Å². The molecule has 1 N–H and O–H groups in total. The van der Waals surface area contributed by atoms with E-state index in [1.54, 1.807) is 36.2 Å². The van der Waals surface area contributed by atoms with Crippen LogP contribution in [0.25, 0.3) is 0 Å². The molecule has 1 unspecified atom stereocenters. The fraction of sp³-hybridized carbons (Fsp3) is 0.300. The molecule has 1 atom stereocenters. The summed E-state index contributed by atoms with van der Waals surface area (Å²) < 4.78 is 5.15. The third-order valence-electron chi connectivity index (χ3n) is 4.10. The molecule has 0 radical (unpaired) electrons. The molecule has 0 saturated carbocycles. The molecule has 0 aliphatic heterocycles. The van der Waals surface area contributed by atoms with E-state index in [0.29, 0.717) is 11.3 Å². The van der Waals surface area contributed by atoms with Gasteiger partial charge in [-0.15, -0.1) is 0 Å². The van der Waals surface area contributed by atoms with Crippen molar-refractivity contribution >= 4 is 11.9 Å². The Labute approximate surface area is 147 Å². The summed E-state index contributed by atoms with van der Waals surface area (Å²) in [7, 11) is 1.80. The second-order valence-electron chi connectivity index (χ2n) is 5.88. The quantitative estimate of drug-likeness (QED) is 0.800. The predicted molar refractivity (Wildman–Crippen MR) is 95.9 cm³/mol. The molecule has 0 heterocycles. The molecule has 0 aliphatic carbocycles. The highest BCUT2D eigenvalue weighted by atomic mass is 16.5. The van der Waals surface area contributed by atoms with Crippen LogP contribution in [0.15, 0.2) is 54.6 Å². The minimum Gasteiger partial charge on any atom is -0.482 e. The highest BCUT2D eigenvalue weighted by Crippen LogP contribution is 2.18. The Morgan fingerprint density at radius 1 is 1.12 bits per heavy atom. The summed E-state index contributed by atoms with van der Waals surface area (Å²) in [4.78, 5) is 25.1. The van der Waals surface area contributed by atoms with Crippen molar-refractivity contribution in [1.29, 1.82) is 0 Å². The number of carbonyl (C=O) groups is 2. The zero-order valence-corrected chi connectivity index (χ0v) is 14.5. The molecule has 0 aromatic heterocycles. The van der Waals surface area contributed by atoms with E-state index in [4.69, 9.17) is 9.84 Å². The molecule has 2 rings (SSSR count). The van der Waals surface area contributed by atoms with Gasteiger partial charge < -0.3 is 14.7 Å². The average molecular weight is 341 g/mol. The molecule has 0 saturated heterocycles. The van der Waals surface area contributed by atoms with Gasteiger partial charge in [0.2, 0.25) is 0 Å². The molecule has 1 amide bonds. The number of ether oxygens (including phenoxy) is 1. The predicted octanol–water partition coefficient (Wildman–Crippen LogP) is 3.24. The van der Waals surface area contributed by atoms with Crippen LogP contribution in [0.2, 0.25) is 0 Å². The number of carboxylic acids is 1. The zero-order chi connectivity index (χ0) is 18.2. The molecule has 132 valence electrons. The van der Waals surface area contributed by atoms with Crippen LogP contribution >= 0.6 is 0 Å². The maximum Gasteiger partial charge on any atom is 0.341 e. The molecule has 0 bridgehead atoms. The van der Waals surface area contributed by atoms with Gasteiger partial charge in [-0.2, -0.15) is 0 Å². The molecule has 2 aromatic carbocycles. The van der Waals surface area contributed by atoms with Crippen LogP contribution in [0.3, 0.4) is 0 Å². The third kappa shape index (κ3) is 5.35. The zero-order valence-electron chi connectivity index (χ0n) is 14.5. The van der Waals surface area contributed by atoms with E-state index in [9.17, 15) is 9.59 Å². The number of aliphatic carboxylic acids is 1. The third-order valence-corrected chi connectivity index (χ3v) is 4.10. The fourth-order valence-corrected chi connectivity index (χ4v) is 2.67. The second kappa shape index (κ2) is 8.87. The normalized spacial score (nSPS) is 11.6. The average Bonchev–Trinajstić information content (AvgIpc) is 2.64. The summed E-state index contributed by atoms with van der Waals surface area (Å²) in [6.45, 7) is 1.63. The summed E-state index contributed by atoms with van der Waals surface area (Å²) >= 11 is 0. The van der Waals surface area contributed by atoms with Gasteiger partial charge in [-0.25, -0.2) is 4.79 Å². The van der Waals surface area contributed by atoms with E-state index >= 15 is 0 Å². The van der Waals surface area contributed by atoms with Gasteiger partial charge in [0.05, 0.1) is 0 Å². The van der Waals surface area contributed by atoms with E-state index < -0.39 is 12.6 Å². The Bertz CT molecular complexity index is 715. The summed E-state index contributed by atoms with van der Waals surface area (Å²) in [5.41, 5.74) is 1.67. The molecule has 0 spiro atoms.